The van der Waals surface area contributed by atoms with Gasteiger partial charge in [-0.05, 0) is 19.1 Å². The van der Waals surface area contributed by atoms with Crippen molar-refractivity contribution < 1.29 is 14.5 Å². The number of rotatable bonds is 6. The van der Waals surface area contributed by atoms with Crippen LogP contribution in [-0.4, -0.2) is 30.0 Å². The SMILES string of the molecule is CC(Oc1ccc(Cl)cc1[N+](=O)[O-])C(=O)NCCN. The van der Waals surface area contributed by atoms with Gasteiger partial charge in [-0.25, -0.2) is 0 Å². The highest BCUT2D eigenvalue weighted by atomic mass is 35.5. The molecule has 0 aliphatic carbocycles. The molecular formula is C11H14ClN3O4. The zero-order valence-electron chi connectivity index (χ0n) is 10.3. The molecule has 0 aromatic heterocycles. The molecule has 3 N–H and O–H groups in total. The first-order valence-corrected chi connectivity index (χ1v) is 5.92. The number of nitrogens with two attached hydrogens (primary N) is 1. The molecule has 104 valence electrons. The number of amides is 1. The molecule has 0 heterocycles. The molecule has 19 heavy (non-hydrogen) atoms. The number of carbonyl (C=O) groups is 1. The van der Waals surface area contributed by atoms with Gasteiger partial charge in [-0.15, -0.1) is 0 Å². The van der Waals surface area contributed by atoms with Gasteiger partial charge in [-0.1, -0.05) is 11.6 Å². The second-order valence-corrected chi connectivity index (χ2v) is 4.15. The molecule has 1 aromatic rings. The van der Waals surface area contributed by atoms with E-state index in [2.05, 4.69) is 5.32 Å². The standard InChI is InChI=1S/C11H14ClN3O4/c1-7(11(16)14-5-4-13)19-10-3-2-8(12)6-9(10)15(17)18/h2-3,6-7H,4-5,13H2,1H3,(H,14,16). The van der Waals surface area contributed by atoms with Crippen LogP contribution in [0, 0.1) is 10.1 Å². The fourth-order valence-corrected chi connectivity index (χ4v) is 1.48. The van der Waals surface area contributed by atoms with E-state index in [1.165, 1.54) is 25.1 Å². The summed E-state index contributed by atoms with van der Waals surface area (Å²) in [7, 11) is 0. The van der Waals surface area contributed by atoms with Crippen molar-refractivity contribution in [2.45, 2.75) is 13.0 Å². The van der Waals surface area contributed by atoms with Crippen molar-refractivity contribution in [3.05, 3.63) is 33.3 Å². The maximum Gasteiger partial charge on any atom is 0.312 e. The molecule has 0 aliphatic rings. The minimum atomic E-state index is -0.869. The topological polar surface area (TPSA) is 107 Å². The second-order valence-electron chi connectivity index (χ2n) is 3.71. The Morgan fingerprint density at radius 2 is 2.32 bits per heavy atom. The first-order chi connectivity index (χ1) is 8.95. The van der Waals surface area contributed by atoms with Gasteiger partial charge in [0, 0.05) is 24.2 Å². The molecule has 0 bridgehead atoms. The lowest BCUT2D eigenvalue weighted by atomic mass is 10.3. The zero-order valence-corrected chi connectivity index (χ0v) is 11.0. The van der Waals surface area contributed by atoms with Crippen molar-refractivity contribution >= 4 is 23.2 Å². The summed E-state index contributed by atoms with van der Waals surface area (Å²) in [5, 5.41) is 13.6. The van der Waals surface area contributed by atoms with Crippen LogP contribution in [-0.2, 0) is 4.79 Å². The van der Waals surface area contributed by atoms with Crippen LogP contribution in [0.15, 0.2) is 18.2 Å². The molecule has 7 nitrogen and oxygen atoms in total. The molecule has 0 spiro atoms. The highest BCUT2D eigenvalue weighted by molar-refractivity contribution is 6.30. The molecular weight excluding hydrogens is 274 g/mol. The first-order valence-electron chi connectivity index (χ1n) is 5.54. The van der Waals surface area contributed by atoms with E-state index in [4.69, 9.17) is 22.1 Å². The van der Waals surface area contributed by atoms with Crippen LogP contribution in [0.3, 0.4) is 0 Å². The summed E-state index contributed by atoms with van der Waals surface area (Å²) in [6.07, 6.45) is -0.869. The Labute approximate surface area is 114 Å². The van der Waals surface area contributed by atoms with Crippen molar-refractivity contribution in [1.29, 1.82) is 0 Å². The number of nitro benzene ring substituents is 1. The van der Waals surface area contributed by atoms with E-state index >= 15 is 0 Å². The van der Waals surface area contributed by atoms with Gasteiger partial charge in [0.15, 0.2) is 11.9 Å². The summed E-state index contributed by atoms with van der Waals surface area (Å²) < 4.78 is 5.27. The Hall–Kier alpha value is -1.86. The lowest BCUT2D eigenvalue weighted by Crippen LogP contribution is -2.38. The number of hydrogen-bond donors (Lipinski definition) is 2. The van der Waals surface area contributed by atoms with Crippen LogP contribution in [0.5, 0.6) is 5.75 Å². The molecule has 0 aliphatic heterocycles. The smallest absolute Gasteiger partial charge is 0.312 e. The van der Waals surface area contributed by atoms with Crippen molar-refractivity contribution in [2.24, 2.45) is 5.73 Å². The summed E-state index contributed by atoms with van der Waals surface area (Å²) in [6, 6.07) is 3.98. The quantitative estimate of drug-likeness (QED) is 0.601. The van der Waals surface area contributed by atoms with Gasteiger partial charge in [-0.2, -0.15) is 0 Å². The van der Waals surface area contributed by atoms with E-state index in [0.717, 1.165) is 0 Å². The number of nitrogens with one attached hydrogen (secondary N) is 1. The fraction of sp³-hybridized carbons (Fsp3) is 0.364. The summed E-state index contributed by atoms with van der Waals surface area (Å²) in [6.45, 7) is 2.11. The average Bonchev–Trinajstić information content (AvgIpc) is 2.37. The first kappa shape index (κ1) is 15.2. The number of nitro groups is 1. The number of halogens is 1. The van der Waals surface area contributed by atoms with Crippen molar-refractivity contribution in [2.75, 3.05) is 13.1 Å². The predicted octanol–water partition coefficient (Wildman–Crippen LogP) is 1.09. The second kappa shape index (κ2) is 6.91. The van der Waals surface area contributed by atoms with Gasteiger partial charge in [0.05, 0.1) is 4.92 Å². The zero-order chi connectivity index (χ0) is 14.4. The van der Waals surface area contributed by atoms with Gasteiger partial charge in [0.2, 0.25) is 0 Å². The normalized spacial score (nSPS) is 11.7. The largest absolute Gasteiger partial charge is 0.474 e. The molecule has 1 atom stereocenters. The van der Waals surface area contributed by atoms with Crippen LogP contribution in [0.25, 0.3) is 0 Å². The van der Waals surface area contributed by atoms with Crippen molar-refractivity contribution in [3.63, 3.8) is 0 Å². The molecule has 8 heteroatoms. The lowest BCUT2D eigenvalue weighted by molar-refractivity contribution is -0.386. The number of carbonyl (C=O) groups excluding carboxylic acids is 1. The van der Waals surface area contributed by atoms with Gasteiger partial charge in [-0.3, -0.25) is 14.9 Å². The number of hydrogen-bond acceptors (Lipinski definition) is 5. The van der Waals surface area contributed by atoms with Crippen molar-refractivity contribution in [3.8, 4) is 5.75 Å². The van der Waals surface area contributed by atoms with Gasteiger partial charge >= 0.3 is 5.69 Å². The Kier molecular flexibility index (Phi) is 5.53. The van der Waals surface area contributed by atoms with Gasteiger partial charge in [0.1, 0.15) is 0 Å². The molecule has 1 aromatic carbocycles. The van der Waals surface area contributed by atoms with Gasteiger partial charge in [0.25, 0.3) is 5.91 Å². The van der Waals surface area contributed by atoms with E-state index in [0.29, 0.717) is 13.1 Å². The third kappa shape index (κ3) is 4.38. The van der Waals surface area contributed by atoms with E-state index in [-0.39, 0.29) is 16.5 Å². The van der Waals surface area contributed by atoms with E-state index in [1.807, 2.05) is 0 Å². The minimum Gasteiger partial charge on any atom is -0.474 e. The predicted molar refractivity (Wildman–Crippen MR) is 70.3 cm³/mol. The van der Waals surface area contributed by atoms with Gasteiger partial charge < -0.3 is 15.8 Å². The van der Waals surface area contributed by atoms with E-state index in [9.17, 15) is 14.9 Å². The summed E-state index contributed by atoms with van der Waals surface area (Å²) in [5.41, 5.74) is 4.96. The van der Waals surface area contributed by atoms with Crippen LogP contribution in [0.1, 0.15) is 6.92 Å². The Bertz CT molecular complexity index is 481. The number of nitrogens with zero attached hydrogens (tertiary/aromatic N) is 1. The summed E-state index contributed by atoms with van der Waals surface area (Å²) in [5.74, 6) is -0.403. The molecule has 0 saturated carbocycles. The average molecular weight is 288 g/mol. The maximum atomic E-state index is 11.6. The molecule has 1 amide bonds. The third-order valence-corrected chi connectivity index (χ3v) is 2.47. The monoisotopic (exact) mass is 287 g/mol. The molecule has 1 rings (SSSR count). The fourth-order valence-electron chi connectivity index (χ4n) is 1.32. The van der Waals surface area contributed by atoms with E-state index < -0.39 is 16.9 Å². The van der Waals surface area contributed by atoms with Crippen LogP contribution in [0.2, 0.25) is 5.02 Å². The number of ether oxygens (including phenoxy) is 1. The summed E-state index contributed by atoms with van der Waals surface area (Å²) in [4.78, 5) is 21.8. The number of benzene rings is 1. The molecule has 0 saturated heterocycles. The molecule has 1 unspecified atom stereocenters. The third-order valence-electron chi connectivity index (χ3n) is 2.23. The Morgan fingerprint density at radius 1 is 1.63 bits per heavy atom. The minimum absolute atomic E-state index is 0.00945. The maximum absolute atomic E-state index is 11.6. The summed E-state index contributed by atoms with van der Waals surface area (Å²) >= 11 is 5.68. The Balaban J connectivity index is 2.81. The van der Waals surface area contributed by atoms with Crippen molar-refractivity contribution in [1.82, 2.24) is 5.32 Å². The lowest BCUT2D eigenvalue weighted by Gasteiger charge is -2.14. The molecule has 0 fully saturated rings. The highest BCUT2D eigenvalue weighted by Crippen LogP contribution is 2.30. The van der Waals surface area contributed by atoms with Crippen LogP contribution >= 0.6 is 11.6 Å². The van der Waals surface area contributed by atoms with E-state index in [1.54, 1.807) is 0 Å². The van der Waals surface area contributed by atoms with Crippen LogP contribution in [0.4, 0.5) is 5.69 Å². The highest BCUT2D eigenvalue weighted by Gasteiger charge is 2.21. The van der Waals surface area contributed by atoms with Crippen LogP contribution < -0.4 is 15.8 Å². The Morgan fingerprint density at radius 3 is 2.89 bits per heavy atom. The molecule has 0 radical (unpaired) electrons.